The molecule has 0 N–H and O–H groups in total. The number of rotatable bonds is 3. The van der Waals surface area contributed by atoms with Gasteiger partial charge in [0.05, 0.1) is 19.1 Å². The Morgan fingerprint density at radius 2 is 2.17 bits per heavy atom. The van der Waals surface area contributed by atoms with Crippen molar-refractivity contribution in [2.45, 2.75) is 31.3 Å². The molecule has 0 aliphatic heterocycles. The molecule has 18 heavy (non-hydrogen) atoms. The van der Waals surface area contributed by atoms with Gasteiger partial charge in [0.25, 0.3) is 0 Å². The van der Waals surface area contributed by atoms with Crippen LogP contribution in [-0.2, 0) is 10.3 Å². The van der Waals surface area contributed by atoms with Crippen molar-refractivity contribution in [2.75, 3.05) is 14.2 Å². The number of nitrogens with zero attached hydrogens (tertiary/aromatic N) is 1. The fourth-order valence-electron chi connectivity index (χ4n) is 2.91. The second kappa shape index (κ2) is 5.41. The predicted octanol–water partition coefficient (Wildman–Crippen LogP) is 3.25. The molecular formula is C15H19NO2. The van der Waals surface area contributed by atoms with Gasteiger partial charge in [0.2, 0.25) is 0 Å². The predicted molar refractivity (Wildman–Crippen MR) is 69.3 cm³/mol. The molecule has 1 fully saturated rings. The molecule has 96 valence electrons. The van der Waals surface area contributed by atoms with Gasteiger partial charge in [0, 0.05) is 7.11 Å². The van der Waals surface area contributed by atoms with Crippen LogP contribution in [0.2, 0.25) is 0 Å². The lowest BCUT2D eigenvalue weighted by Crippen LogP contribution is -2.39. The van der Waals surface area contributed by atoms with E-state index in [-0.39, 0.29) is 5.92 Å². The Morgan fingerprint density at radius 1 is 1.33 bits per heavy atom. The van der Waals surface area contributed by atoms with Crippen molar-refractivity contribution in [2.24, 2.45) is 5.92 Å². The average Bonchev–Trinajstić information content (AvgIpc) is 2.47. The zero-order valence-corrected chi connectivity index (χ0v) is 11.0. The maximum atomic E-state index is 9.38. The number of hydrogen-bond donors (Lipinski definition) is 0. The molecule has 0 heterocycles. The summed E-state index contributed by atoms with van der Waals surface area (Å²) in [5, 5.41) is 9.38. The van der Waals surface area contributed by atoms with Gasteiger partial charge in [0.15, 0.2) is 0 Å². The highest BCUT2D eigenvalue weighted by molar-refractivity contribution is 5.34. The van der Waals surface area contributed by atoms with E-state index >= 15 is 0 Å². The summed E-state index contributed by atoms with van der Waals surface area (Å²) < 4.78 is 11.1. The number of ether oxygens (including phenoxy) is 2. The first-order valence-electron chi connectivity index (χ1n) is 6.36. The molecule has 1 aliphatic rings. The largest absolute Gasteiger partial charge is 0.497 e. The molecule has 3 nitrogen and oxygen atoms in total. The number of nitriles is 1. The lowest BCUT2D eigenvalue weighted by molar-refractivity contribution is -0.0714. The third-order valence-corrected chi connectivity index (χ3v) is 3.93. The molecule has 1 aromatic rings. The molecule has 2 atom stereocenters. The molecular weight excluding hydrogens is 226 g/mol. The minimum Gasteiger partial charge on any atom is -0.497 e. The van der Waals surface area contributed by atoms with E-state index in [1.807, 2.05) is 24.3 Å². The molecule has 2 rings (SSSR count). The summed E-state index contributed by atoms with van der Waals surface area (Å²) in [5.74, 6) is 0.731. The van der Waals surface area contributed by atoms with E-state index in [9.17, 15) is 5.26 Å². The molecule has 0 unspecified atom stereocenters. The van der Waals surface area contributed by atoms with Gasteiger partial charge in [0.1, 0.15) is 11.4 Å². The Bertz CT molecular complexity index is 452. The maximum Gasteiger partial charge on any atom is 0.119 e. The molecule has 0 spiro atoms. The fraction of sp³-hybridized carbons (Fsp3) is 0.533. The van der Waals surface area contributed by atoms with E-state index in [1.54, 1.807) is 14.2 Å². The molecule has 0 saturated heterocycles. The van der Waals surface area contributed by atoms with E-state index in [2.05, 4.69) is 6.07 Å². The highest BCUT2D eigenvalue weighted by Gasteiger charge is 2.43. The van der Waals surface area contributed by atoms with Crippen LogP contribution in [0, 0.1) is 17.2 Å². The Hall–Kier alpha value is -1.53. The van der Waals surface area contributed by atoms with Crippen LogP contribution in [0.4, 0.5) is 0 Å². The molecule has 1 aromatic carbocycles. The van der Waals surface area contributed by atoms with Crippen LogP contribution in [0.25, 0.3) is 0 Å². The Labute approximate surface area is 108 Å². The van der Waals surface area contributed by atoms with Crippen molar-refractivity contribution in [3.05, 3.63) is 29.8 Å². The van der Waals surface area contributed by atoms with Gasteiger partial charge in [-0.2, -0.15) is 5.26 Å². The first-order valence-corrected chi connectivity index (χ1v) is 6.36. The maximum absolute atomic E-state index is 9.38. The van der Waals surface area contributed by atoms with Crippen molar-refractivity contribution in [1.29, 1.82) is 5.26 Å². The normalized spacial score (nSPS) is 27.5. The topological polar surface area (TPSA) is 42.2 Å². The van der Waals surface area contributed by atoms with Crippen LogP contribution in [0.5, 0.6) is 5.75 Å². The monoisotopic (exact) mass is 245 g/mol. The zero-order valence-electron chi connectivity index (χ0n) is 11.0. The van der Waals surface area contributed by atoms with Gasteiger partial charge in [-0.1, -0.05) is 25.0 Å². The van der Waals surface area contributed by atoms with Crippen LogP contribution in [0.15, 0.2) is 24.3 Å². The molecule has 1 saturated carbocycles. The number of hydrogen-bond acceptors (Lipinski definition) is 3. The van der Waals surface area contributed by atoms with Gasteiger partial charge in [-0.25, -0.2) is 0 Å². The minimum absolute atomic E-state index is 0.0802. The van der Waals surface area contributed by atoms with Gasteiger partial charge < -0.3 is 9.47 Å². The summed E-state index contributed by atoms with van der Waals surface area (Å²) >= 11 is 0. The summed E-state index contributed by atoms with van der Waals surface area (Å²) in [6, 6.07) is 10.3. The fourth-order valence-corrected chi connectivity index (χ4v) is 2.91. The summed E-state index contributed by atoms with van der Waals surface area (Å²) in [6.07, 6.45) is 4.01. The van der Waals surface area contributed by atoms with Crippen LogP contribution >= 0.6 is 0 Å². The molecule has 1 aliphatic carbocycles. The third kappa shape index (κ3) is 2.09. The third-order valence-electron chi connectivity index (χ3n) is 3.93. The highest BCUT2D eigenvalue weighted by atomic mass is 16.5. The Kier molecular flexibility index (Phi) is 3.88. The Morgan fingerprint density at radius 3 is 2.83 bits per heavy atom. The summed E-state index contributed by atoms with van der Waals surface area (Å²) in [7, 11) is 3.36. The molecule has 3 heteroatoms. The number of benzene rings is 1. The van der Waals surface area contributed by atoms with Gasteiger partial charge in [-0.3, -0.25) is 0 Å². The van der Waals surface area contributed by atoms with Crippen LogP contribution in [-0.4, -0.2) is 14.2 Å². The minimum atomic E-state index is -0.471. The highest BCUT2D eigenvalue weighted by Crippen LogP contribution is 2.44. The van der Waals surface area contributed by atoms with E-state index in [0.29, 0.717) is 0 Å². The van der Waals surface area contributed by atoms with Crippen LogP contribution in [0.3, 0.4) is 0 Å². The van der Waals surface area contributed by atoms with Crippen molar-refractivity contribution in [3.63, 3.8) is 0 Å². The van der Waals surface area contributed by atoms with Crippen molar-refractivity contribution >= 4 is 0 Å². The standard InChI is InChI=1S/C15H19NO2/c1-17-14-8-5-7-12(10-14)15(18-2)9-4-3-6-13(15)11-16/h5,7-8,10,13H,3-4,6,9H2,1-2H3/t13-,15-/m1/s1. The number of methoxy groups -OCH3 is 2. The summed E-state index contributed by atoms with van der Waals surface area (Å²) in [4.78, 5) is 0. The Balaban J connectivity index is 2.44. The zero-order chi connectivity index (χ0) is 13.0. The lowest BCUT2D eigenvalue weighted by Gasteiger charge is -2.40. The lowest BCUT2D eigenvalue weighted by atomic mass is 9.72. The van der Waals surface area contributed by atoms with Gasteiger partial charge in [-0.05, 0) is 30.5 Å². The smallest absolute Gasteiger partial charge is 0.119 e. The summed E-state index contributed by atoms with van der Waals surface area (Å²) in [6.45, 7) is 0. The van der Waals surface area contributed by atoms with Crippen molar-refractivity contribution in [1.82, 2.24) is 0 Å². The molecule has 0 amide bonds. The van der Waals surface area contributed by atoms with Crippen molar-refractivity contribution in [3.8, 4) is 11.8 Å². The average molecular weight is 245 g/mol. The van der Waals surface area contributed by atoms with E-state index in [1.165, 1.54) is 0 Å². The van der Waals surface area contributed by atoms with Crippen LogP contribution < -0.4 is 4.74 Å². The molecule has 0 radical (unpaired) electrons. The molecule has 0 bridgehead atoms. The first-order chi connectivity index (χ1) is 8.76. The van der Waals surface area contributed by atoms with Crippen LogP contribution in [0.1, 0.15) is 31.2 Å². The quantitative estimate of drug-likeness (QED) is 0.821. The van der Waals surface area contributed by atoms with Gasteiger partial charge in [-0.15, -0.1) is 0 Å². The second-order valence-corrected chi connectivity index (χ2v) is 4.75. The second-order valence-electron chi connectivity index (χ2n) is 4.75. The van der Waals surface area contributed by atoms with E-state index < -0.39 is 5.60 Å². The van der Waals surface area contributed by atoms with E-state index in [4.69, 9.17) is 9.47 Å². The van der Waals surface area contributed by atoms with Gasteiger partial charge >= 0.3 is 0 Å². The van der Waals surface area contributed by atoms with E-state index in [0.717, 1.165) is 37.0 Å². The van der Waals surface area contributed by atoms with Crippen molar-refractivity contribution < 1.29 is 9.47 Å². The SMILES string of the molecule is COc1cccc([C@]2(OC)CCCC[C@@H]2C#N)c1. The summed E-state index contributed by atoms with van der Waals surface area (Å²) in [5.41, 5.74) is 0.581. The molecule has 0 aromatic heterocycles. The first kappa shape index (κ1) is 12.9.